The number of hydrogen-bond acceptors (Lipinski definition) is 3. The quantitative estimate of drug-likeness (QED) is 0.785. The normalized spacial score (nSPS) is 9.80. The van der Waals surface area contributed by atoms with Crippen LogP contribution >= 0.6 is 0 Å². The molecule has 1 aromatic carbocycles. The van der Waals surface area contributed by atoms with Crippen molar-refractivity contribution >= 4 is 17.6 Å². The first-order chi connectivity index (χ1) is 9.65. The van der Waals surface area contributed by atoms with E-state index in [9.17, 15) is 9.59 Å². The van der Waals surface area contributed by atoms with Crippen molar-refractivity contribution in [3.63, 3.8) is 0 Å². The maximum absolute atomic E-state index is 11.7. The molecular weight excluding hydrogens is 256 g/mol. The van der Waals surface area contributed by atoms with Gasteiger partial charge in [0.15, 0.2) is 0 Å². The molecule has 0 bridgehead atoms. The smallest absolute Gasteiger partial charge is 0.319 e. The van der Waals surface area contributed by atoms with Crippen LogP contribution in [-0.4, -0.2) is 16.9 Å². The highest BCUT2D eigenvalue weighted by molar-refractivity contribution is 5.94. The fourth-order valence-electron chi connectivity index (χ4n) is 1.58. The van der Waals surface area contributed by atoms with Crippen molar-refractivity contribution in [1.82, 2.24) is 10.3 Å². The zero-order valence-electron chi connectivity index (χ0n) is 10.7. The maximum Gasteiger partial charge on any atom is 0.319 e. The van der Waals surface area contributed by atoms with Crippen LogP contribution in [-0.2, 0) is 6.54 Å². The highest BCUT2D eigenvalue weighted by atomic mass is 16.2. The Labute approximate surface area is 116 Å². The summed E-state index contributed by atoms with van der Waals surface area (Å²) in [6, 6.07) is 9.68. The van der Waals surface area contributed by atoms with E-state index in [2.05, 4.69) is 15.6 Å². The van der Waals surface area contributed by atoms with Crippen LogP contribution in [0, 0.1) is 0 Å². The molecule has 1 aromatic heterocycles. The number of carbonyl (C=O) groups is 2. The largest absolute Gasteiger partial charge is 0.366 e. The van der Waals surface area contributed by atoms with Gasteiger partial charge in [0.2, 0.25) is 5.91 Å². The zero-order valence-corrected chi connectivity index (χ0v) is 10.7. The summed E-state index contributed by atoms with van der Waals surface area (Å²) in [5.41, 5.74) is 7.02. The number of nitrogens with two attached hydrogens (primary N) is 1. The molecule has 0 fully saturated rings. The topological polar surface area (TPSA) is 97.1 Å². The highest BCUT2D eigenvalue weighted by Gasteiger charge is 2.03. The van der Waals surface area contributed by atoms with Gasteiger partial charge in [0.1, 0.15) is 0 Å². The number of rotatable bonds is 4. The van der Waals surface area contributed by atoms with Gasteiger partial charge in [-0.2, -0.15) is 0 Å². The molecule has 2 rings (SSSR count). The van der Waals surface area contributed by atoms with Crippen LogP contribution in [0.1, 0.15) is 15.9 Å². The standard InChI is InChI=1S/C14H14N4O2/c15-13(19)11-3-5-12(6-4-11)18-14(20)17-9-10-2-1-7-16-8-10/h1-8H,9H2,(H2,15,19)(H2,17,18,20). The minimum Gasteiger partial charge on any atom is -0.366 e. The molecule has 1 heterocycles. The lowest BCUT2D eigenvalue weighted by atomic mass is 10.2. The first-order valence-corrected chi connectivity index (χ1v) is 5.99. The Morgan fingerprint density at radius 3 is 2.50 bits per heavy atom. The Morgan fingerprint density at radius 1 is 1.15 bits per heavy atom. The van der Waals surface area contributed by atoms with Crippen molar-refractivity contribution < 1.29 is 9.59 Å². The monoisotopic (exact) mass is 270 g/mol. The van der Waals surface area contributed by atoms with E-state index in [1.54, 1.807) is 42.7 Å². The number of aromatic nitrogens is 1. The summed E-state index contributed by atoms with van der Waals surface area (Å²) in [6.07, 6.45) is 3.35. The van der Waals surface area contributed by atoms with Gasteiger partial charge in [-0.05, 0) is 35.9 Å². The van der Waals surface area contributed by atoms with Crippen molar-refractivity contribution in [2.45, 2.75) is 6.54 Å². The summed E-state index contributed by atoms with van der Waals surface area (Å²) in [5.74, 6) is -0.502. The zero-order chi connectivity index (χ0) is 14.4. The number of primary amides is 1. The van der Waals surface area contributed by atoms with E-state index in [1.165, 1.54) is 0 Å². The van der Waals surface area contributed by atoms with Crippen LogP contribution in [0.25, 0.3) is 0 Å². The number of anilines is 1. The van der Waals surface area contributed by atoms with E-state index < -0.39 is 5.91 Å². The van der Waals surface area contributed by atoms with Crippen molar-refractivity contribution in [2.75, 3.05) is 5.32 Å². The Bertz CT molecular complexity index is 596. The Hall–Kier alpha value is -2.89. The molecule has 0 spiro atoms. The molecule has 3 amide bonds. The molecular formula is C14H14N4O2. The number of nitrogens with one attached hydrogen (secondary N) is 2. The van der Waals surface area contributed by atoms with Gasteiger partial charge >= 0.3 is 6.03 Å². The summed E-state index contributed by atoms with van der Waals surface area (Å²) in [4.78, 5) is 26.5. The fourth-order valence-corrected chi connectivity index (χ4v) is 1.58. The minimum absolute atomic E-state index is 0.333. The average molecular weight is 270 g/mol. The number of benzene rings is 1. The summed E-state index contributed by atoms with van der Waals surface area (Å²) in [5, 5.41) is 5.36. The van der Waals surface area contributed by atoms with E-state index in [1.807, 2.05) is 6.07 Å². The Kier molecular flexibility index (Phi) is 4.28. The van der Waals surface area contributed by atoms with E-state index in [4.69, 9.17) is 5.73 Å². The van der Waals surface area contributed by atoms with Gasteiger partial charge in [-0.25, -0.2) is 4.79 Å². The van der Waals surface area contributed by atoms with E-state index >= 15 is 0 Å². The molecule has 2 aromatic rings. The van der Waals surface area contributed by atoms with Crippen LogP contribution < -0.4 is 16.4 Å². The van der Waals surface area contributed by atoms with Gasteiger partial charge in [0.25, 0.3) is 0 Å². The van der Waals surface area contributed by atoms with E-state index in [0.717, 1.165) is 5.56 Å². The molecule has 0 aliphatic carbocycles. The van der Waals surface area contributed by atoms with Gasteiger partial charge in [-0.3, -0.25) is 9.78 Å². The van der Waals surface area contributed by atoms with Crippen LogP contribution in [0.5, 0.6) is 0 Å². The summed E-state index contributed by atoms with van der Waals surface area (Å²) in [7, 11) is 0. The van der Waals surface area contributed by atoms with Crippen molar-refractivity contribution in [3.8, 4) is 0 Å². The third kappa shape index (κ3) is 3.81. The molecule has 20 heavy (non-hydrogen) atoms. The van der Waals surface area contributed by atoms with Gasteiger partial charge in [0.05, 0.1) is 0 Å². The molecule has 102 valence electrons. The van der Waals surface area contributed by atoms with Crippen molar-refractivity contribution in [1.29, 1.82) is 0 Å². The van der Waals surface area contributed by atoms with Crippen LogP contribution in [0.4, 0.5) is 10.5 Å². The molecule has 0 saturated carbocycles. The van der Waals surface area contributed by atoms with Crippen LogP contribution in [0.3, 0.4) is 0 Å². The predicted molar refractivity (Wildman–Crippen MR) is 75.1 cm³/mol. The third-order valence-electron chi connectivity index (χ3n) is 2.60. The SMILES string of the molecule is NC(=O)c1ccc(NC(=O)NCc2cccnc2)cc1. The summed E-state index contributed by atoms with van der Waals surface area (Å²) >= 11 is 0. The molecule has 0 aliphatic heterocycles. The first-order valence-electron chi connectivity index (χ1n) is 5.99. The lowest BCUT2D eigenvalue weighted by Gasteiger charge is -2.07. The lowest BCUT2D eigenvalue weighted by molar-refractivity contribution is 0.100. The molecule has 4 N–H and O–H groups in total. The Morgan fingerprint density at radius 2 is 1.90 bits per heavy atom. The number of amides is 3. The van der Waals surface area contributed by atoms with Crippen LogP contribution in [0.15, 0.2) is 48.8 Å². The lowest BCUT2D eigenvalue weighted by Crippen LogP contribution is -2.28. The second-order valence-corrected chi connectivity index (χ2v) is 4.11. The third-order valence-corrected chi connectivity index (χ3v) is 2.60. The predicted octanol–water partition coefficient (Wildman–Crippen LogP) is 1.50. The van der Waals surface area contributed by atoms with Gasteiger partial charge in [-0.15, -0.1) is 0 Å². The molecule has 0 saturated heterocycles. The number of pyridine rings is 1. The second kappa shape index (κ2) is 6.33. The highest BCUT2D eigenvalue weighted by Crippen LogP contribution is 2.08. The van der Waals surface area contributed by atoms with Crippen molar-refractivity contribution in [3.05, 3.63) is 59.9 Å². The minimum atomic E-state index is -0.502. The average Bonchev–Trinajstić information content (AvgIpc) is 2.47. The van der Waals surface area contributed by atoms with E-state index in [0.29, 0.717) is 17.8 Å². The molecule has 6 nitrogen and oxygen atoms in total. The van der Waals surface area contributed by atoms with Gasteiger partial charge in [0, 0.05) is 30.2 Å². The number of nitrogens with zero attached hydrogens (tertiary/aromatic N) is 1. The molecule has 6 heteroatoms. The van der Waals surface area contributed by atoms with E-state index in [-0.39, 0.29) is 6.03 Å². The Balaban J connectivity index is 1.86. The summed E-state index contributed by atoms with van der Waals surface area (Å²) < 4.78 is 0. The fraction of sp³-hybridized carbons (Fsp3) is 0.0714. The van der Waals surface area contributed by atoms with Crippen LogP contribution in [0.2, 0.25) is 0 Å². The van der Waals surface area contributed by atoms with Gasteiger partial charge < -0.3 is 16.4 Å². The second-order valence-electron chi connectivity index (χ2n) is 4.11. The molecule has 0 unspecified atom stereocenters. The number of carbonyl (C=O) groups excluding carboxylic acids is 2. The molecule has 0 aliphatic rings. The molecule has 0 radical (unpaired) electrons. The molecule has 0 atom stereocenters. The first kappa shape index (κ1) is 13.5. The number of urea groups is 1. The maximum atomic E-state index is 11.7. The van der Waals surface area contributed by atoms with Crippen molar-refractivity contribution in [2.24, 2.45) is 5.73 Å². The van der Waals surface area contributed by atoms with Gasteiger partial charge in [-0.1, -0.05) is 6.07 Å². The summed E-state index contributed by atoms with van der Waals surface area (Å²) in [6.45, 7) is 0.388. The number of hydrogen-bond donors (Lipinski definition) is 3.